The molecule has 1 aliphatic rings. The smallest absolute Gasteiger partial charge is 0.157 e. The Hall–Kier alpha value is -2.20. The van der Waals surface area contributed by atoms with Crippen LogP contribution in [0.15, 0.2) is 36.4 Å². The van der Waals surface area contributed by atoms with Crippen LogP contribution in [0.4, 0.5) is 5.69 Å². The maximum atomic E-state index is 9.79. The van der Waals surface area contributed by atoms with Gasteiger partial charge in [0.05, 0.1) is 0 Å². The van der Waals surface area contributed by atoms with Crippen molar-refractivity contribution in [1.29, 1.82) is 0 Å². The third-order valence-electron chi connectivity index (χ3n) is 3.87. The SMILES string of the molecule is Nc1ccc([C@@H]2CNCCc3cc(O)c(O)cc32)cc1. The number of rotatable bonds is 1. The number of phenols is 2. The van der Waals surface area contributed by atoms with Gasteiger partial charge in [0.2, 0.25) is 0 Å². The molecule has 20 heavy (non-hydrogen) atoms. The summed E-state index contributed by atoms with van der Waals surface area (Å²) in [5, 5.41) is 22.9. The molecule has 4 nitrogen and oxygen atoms in total. The molecule has 0 unspecified atom stereocenters. The third kappa shape index (κ3) is 2.30. The number of hydrogen-bond donors (Lipinski definition) is 4. The van der Waals surface area contributed by atoms with Crippen LogP contribution in [0, 0.1) is 0 Å². The Kier molecular flexibility index (Phi) is 3.24. The summed E-state index contributed by atoms with van der Waals surface area (Å²) in [6.45, 7) is 1.67. The summed E-state index contributed by atoms with van der Waals surface area (Å²) < 4.78 is 0. The van der Waals surface area contributed by atoms with E-state index in [1.165, 1.54) is 0 Å². The Balaban J connectivity index is 2.09. The molecule has 104 valence electrons. The molecule has 0 saturated carbocycles. The monoisotopic (exact) mass is 270 g/mol. The number of nitrogens with one attached hydrogen (secondary N) is 1. The van der Waals surface area contributed by atoms with Crippen molar-refractivity contribution in [2.75, 3.05) is 18.8 Å². The number of fused-ring (bicyclic) bond motifs is 1. The first-order chi connectivity index (χ1) is 9.65. The molecule has 0 aliphatic carbocycles. The Labute approximate surface area is 117 Å². The lowest BCUT2D eigenvalue weighted by Crippen LogP contribution is -2.20. The molecule has 1 aliphatic heterocycles. The molecule has 0 aromatic heterocycles. The van der Waals surface area contributed by atoms with Crippen LogP contribution in [0.3, 0.4) is 0 Å². The molecule has 0 radical (unpaired) electrons. The zero-order valence-electron chi connectivity index (χ0n) is 11.1. The van der Waals surface area contributed by atoms with E-state index in [-0.39, 0.29) is 17.4 Å². The molecule has 0 spiro atoms. The van der Waals surface area contributed by atoms with Gasteiger partial charge in [-0.1, -0.05) is 12.1 Å². The van der Waals surface area contributed by atoms with Crippen molar-refractivity contribution >= 4 is 5.69 Å². The maximum Gasteiger partial charge on any atom is 0.157 e. The average Bonchev–Trinajstić information content (AvgIpc) is 2.63. The van der Waals surface area contributed by atoms with Crippen LogP contribution in [0.2, 0.25) is 0 Å². The van der Waals surface area contributed by atoms with Crippen LogP contribution in [-0.2, 0) is 6.42 Å². The molecule has 2 aromatic rings. The minimum absolute atomic E-state index is 0.0540. The van der Waals surface area contributed by atoms with Crippen molar-refractivity contribution in [3.8, 4) is 11.5 Å². The number of nitrogen functional groups attached to an aromatic ring is 1. The second kappa shape index (κ2) is 5.06. The maximum absolute atomic E-state index is 9.79. The van der Waals surface area contributed by atoms with E-state index < -0.39 is 0 Å². The molecule has 3 rings (SSSR count). The van der Waals surface area contributed by atoms with Gasteiger partial charge in [0.1, 0.15) is 0 Å². The van der Waals surface area contributed by atoms with Crippen molar-refractivity contribution < 1.29 is 10.2 Å². The second-order valence-corrected chi connectivity index (χ2v) is 5.21. The summed E-state index contributed by atoms with van der Waals surface area (Å²) in [4.78, 5) is 0. The highest BCUT2D eigenvalue weighted by Crippen LogP contribution is 2.36. The Morgan fingerprint density at radius 1 is 1.05 bits per heavy atom. The van der Waals surface area contributed by atoms with Gasteiger partial charge < -0.3 is 21.3 Å². The van der Waals surface area contributed by atoms with Crippen LogP contribution in [0.5, 0.6) is 11.5 Å². The van der Waals surface area contributed by atoms with E-state index in [1.807, 2.05) is 24.3 Å². The summed E-state index contributed by atoms with van der Waals surface area (Å²) in [7, 11) is 0. The highest BCUT2D eigenvalue weighted by atomic mass is 16.3. The number of phenolic OH excluding ortho intramolecular Hbond substituents is 2. The standard InChI is InChI=1S/C16H18N2O2/c17-12-3-1-10(2-4-12)14-9-18-6-5-11-7-15(19)16(20)8-13(11)14/h1-4,7-8,14,18-20H,5-6,9,17H2/t14-/m0/s1. The zero-order valence-corrected chi connectivity index (χ0v) is 11.1. The number of anilines is 1. The summed E-state index contributed by atoms with van der Waals surface area (Å²) in [6.07, 6.45) is 0.842. The van der Waals surface area contributed by atoms with Crippen LogP contribution in [0.25, 0.3) is 0 Å². The number of benzene rings is 2. The molecule has 0 fully saturated rings. The van der Waals surface area contributed by atoms with Crippen LogP contribution in [-0.4, -0.2) is 23.3 Å². The van der Waals surface area contributed by atoms with Gasteiger partial charge in [-0.2, -0.15) is 0 Å². The van der Waals surface area contributed by atoms with Gasteiger partial charge in [0.25, 0.3) is 0 Å². The molecule has 1 heterocycles. The fourth-order valence-corrected chi connectivity index (χ4v) is 2.78. The molecule has 2 aromatic carbocycles. The lowest BCUT2D eigenvalue weighted by Gasteiger charge is -2.19. The Morgan fingerprint density at radius 2 is 1.75 bits per heavy atom. The third-order valence-corrected chi connectivity index (χ3v) is 3.87. The second-order valence-electron chi connectivity index (χ2n) is 5.21. The Morgan fingerprint density at radius 3 is 2.50 bits per heavy atom. The van der Waals surface area contributed by atoms with Gasteiger partial charge in [-0.15, -0.1) is 0 Å². The zero-order chi connectivity index (χ0) is 14.1. The van der Waals surface area contributed by atoms with Crippen molar-refractivity contribution in [2.24, 2.45) is 0 Å². The first kappa shape index (κ1) is 12.8. The molecule has 0 saturated heterocycles. The van der Waals surface area contributed by atoms with Crippen LogP contribution in [0.1, 0.15) is 22.6 Å². The van der Waals surface area contributed by atoms with Crippen LogP contribution >= 0.6 is 0 Å². The first-order valence-corrected chi connectivity index (χ1v) is 6.76. The molecule has 0 amide bonds. The number of aromatic hydroxyl groups is 2. The van der Waals surface area contributed by atoms with E-state index in [0.717, 1.165) is 41.9 Å². The van der Waals surface area contributed by atoms with Crippen molar-refractivity contribution in [1.82, 2.24) is 5.32 Å². The average molecular weight is 270 g/mol. The van der Waals surface area contributed by atoms with E-state index in [1.54, 1.807) is 12.1 Å². The quantitative estimate of drug-likeness (QED) is 0.472. The number of nitrogens with two attached hydrogens (primary N) is 1. The molecular weight excluding hydrogens is 252 g/mol. The van der Waals surface area contributed by atoms with E-state index in [0.29, 0.717) is 0 Å². The summed E-state index contributed by atoms with van der Waals surface area (Å²) >= 11 is 0. The van der Waals surface area contributed by atoms with Crippen molar-refractivity contribution in [3.63, 3.8) is 0 Å². The van der Waals surface area contributed by atoms with E-state index >= 15 is 0 Å². The van der Waals surface area contributed by atoms with Crippen LogP contribution < -0.4 is 11.1 Å². The van der Waals surface area contributed by atoms with Gasteiger partial charge in [-0.25, -0.2) is 0 Å². The molecule has 1 atom stereocenters. The largest absolute Gasteiger partial charge is 0.504 e. The fourth-order valence-electron chi connectivity index (χ4n) is 2.78. The van der Waals surface area contributed by atoms with E-state index in [2.05, 4.69) is 5.32 Å². The minimum Gasteiger partial charge on any atom is -0.504 e. The minimum atomic E-state index is -0.0638. The lowest BCUT2D eigenvalue weighted by atomic mass is 9.87. The highest BCUT2D eigenvalue weighted by molar-refractivity contribution is 5.51. The summed E-state index contributed by atoms with van der Waals surface area (Å²) in [5.74, 6) is 0.0346. The fraction of sp³-hybridized carbons (Fsp3) is 0.250. The van der Waals surface area contributed by atoms with Gasteiger partial charge in [0.15, 0.2) is 11.5 Å². The Bertz CT molecular complexity index is 623. The number of hydrogen-bond acceptors (Lipinski definition) is 4. The van der Waals surface area contributed by atoms with Crippen molar-refractivity contribution in [2.45, 2.75) is 12.3 Å². The highest BCUT2D eigenvalue weighted by Gasteiger charge is 2.22. The normalized spacial score (nSPS) is 18.3. The molecule has 4 heteroatoms. The van der Waals surface area contributed by atoms with E-state index in [4.69, 9.17) is 5.73 Å². The van der Waals surface area contributed by atoms with Crippen molar-refractivity contribution in [3.05, 3.63) is 53.1 Å². The molecular formula is C16H18N2O2. The summed E-state index contributed by atoms with van der Waals surface area (Å²) in [6, 6.07) is 11.2. The van der Waals surface area contributed by atoms with E-state index in [9.17, 15) is 10.2 Å². The van der Waals surface area contributed by atoms with Gasteiger partial charge in [-0.3, -0.25) is 0 Å². The molecule has 0 bridgehead atoms. The van der Waals surface area contributed by atoms with Gasteiger partial charge >= 0.3 is 0 Å². The van der Waals surface area contributed by atoms with Gasteiger partial charge in [-0.05, 0) is 53.9 Å². The predicted octanol–water partition coefficient (Wildman–Crippen LogP) is 1.96. The predicted molar refractivity (Wildman–Crippen MR) is 79.0 cm³/mol. The topological polar surface area (TPSA) is 78.5 Å². The first-order valence-electron chi connectivity index (χ1n) is 6.76. The summed E-state index contributed by atoms with van der Waals surface area (Å²) in [5.41, 5.74) is 9.77. The van der Waals surface area contributed by atoms with Gasteiger partial charge in [0, 0.05) is 18.2 Å². The molecule has 5 N–H and O–H groups in total. The lowest BCUT2D eigenvalue weighted by molar-refractivity contribution is 0.402.